The normalized spacial score (nSPS) is 21.4. The maximum atomic E-state index is 12.6. The van der Waals surface area contributed by atoms with Gasteiger partial charge < -0.3 is 14.1 Å². The number of benzene rings is 1. The molecule has 1 aliphatic carbocycles. The fourth-order valence-electron chi connectivity index (χ4n) is 4.43. The van der Waals surface area contributed by atoms with Gasteiger partial charge in [-0.2, -0.15) is 4.68 Å². The number of aromatic nitrogens is 2. The van der Waals surface area contributed by atoms with E-state index in [-0.39, 0.29) is 24.4 Å². The van der Waals surface area contributed by atoms with Crippen LogP contribution in [0.1, 0.15) is 38.5 Å². The fourth-order valence-corrected chi connectivity index (χ4v) is 4.43. The van der Waals surface area contributed by atoms with Crippen LogP contribution < -0.4 is 5.76 Å². The number of nitrogens with zero attached hydrogens (tertiary/aromatic N) is 3. The van der Waals surface area contributed by atoms with Crippen molar-refractivity contribution in [2.75, 3.05) is 13.2 Å². The van der Waals surface area contributed by atoms with Crippen LogP contribution >= 0.6 is 0 Å². The lowest BCUT2D eigenvalue weighted by Crippen LogP contribution is -2.51. The smallest absolute Gasteiger partial charge is 0.437 e. The van der Waals surface area contributed by atoms with Crippen LogP contribution in [0.2, 0.25) is 0 Å². The highest BCUT2D eigenvalue weighted by atomic mass is 16.5. The lowest BCUT2D eigenvalue weighted by Gasteiger charge is -2.44. The molecule has 1 aromatic carbocycles. The van der Waals surface area contributed by atoms with Crippen molar-refractivity contribution < 1.29 is 18.7 Å². The summed E-state index contributed by atoms with van der Waals surface area (Å²) in [4.78, 5) is 38.6. The first kappa shape index (κ1) is 19.4. The number of carbonyl (C=O) groups is 2. The van der Waals surface area contributed by atoms with E-state index in [1.807, 2.05) is 11.0 Å². The predicted octanol–water partition coefficient (Wildman–Crippen LogP) is 2.23. The third-order valence-corrected chi connectivity index (χ3v) is 5.83. The third kappa shape index (κ3) is 4.41. The van der Waals surface area contributed by atoms with Crippen molar-refractivity contribution >= 4 is 11.9 Å². The first-order valence-corrected chi connectivity index (χ1v) is 10.2. The summed E-state index contributed by atoms with van der Waals surface area (Å²) in [5.74, 6) is -0.885. The van der Waals surface area contributed by atoms with Crippen LogP contribution in [0.15, 0.2) is 39.5 Å². The summed E-state index contributed by atoms with van der Waals surface area (Å²) in [5, 5.41) is 4.03. The Hall–Kier alpha value is -2.90. The highest BCUT2D eigenvalue weighted by molar-refractivity contribution is 5.81. The Morgan fingerprint density at radius 1 is 1.10 bits per heavy atom. The van der Waals surface area contributed by atoms with Gasteiger partial charge in [0.2, 0.25) is 5.89 Å². The molecule has 4 rings (SSSR count). The van der Waals surface area contributed by atoms with Crippen molar-refractivity contribution in [2.45, 2.75) is 51.1 Å². The summed E-state index contributed by atoms with van der Waals surface area (Å²) in [5.41, 5.74) is 0.638. The second kappa shape index (κ2) is 8.63. The molecule has 0 bridgehead atoms. The maximum absolute atomic E-state index is 12.6. The van der Waals surface area contributed by atoms with E-state index >= 15 is 0 Å². The average Bonchev–Trinajstić information content (AvgIpc) is 3.12. The molecule has 0 radical (unpaired) electrons. The van der Waals surface area contributed by atoms with Crippen molar-refractivity contribution in [1.82, 2.24) is 14.7 Å². The maximum Gasteiger partial charge on any atom is 0.437 e. The van der Waals surface area contributed by atoms with Crippen molar-refractivity contribution in [3.05, 3.63) is 40.9 Å². The summed E-state index contributed by atoms with van der Waals surface area (Å²) in [6.45, 7) is 0.0232. The Morgan fingerprint density at radius 3 is 2.69 bits per heavy atom. The molecule has 8 nitrogen and oxygen atoms in total. The minimum absolute atomic E-state index is 0.135. The molecule has 1 amide bonds. The molecule has 1 saturated carbocycles. The van der Waals surface area contributed by atoms with Gasteiger partial charge in [-0.1, -0.05) is 31.0 Å². The SMILES string of the molecule is O=C(Cn1nc(-c2ccccc2)oc1=O)OCC(=O)N1CCC[C@H]2CCCC[C@H]21. The van der Waals surface area contributed by atoms with E-state index in [0.717, 1.165) is 30.5 Å². The molecule has 29 heavy (non-hydrogen) atoms. The summed E-state index contributed by atoms with van der Waals surface area (Å²) in [6, 6.07) is 9.21. The van der Waals surface area contributed by atoms with Crippen LogP contribution in [0.4, 0.5) is 0 Å². The number of ether oxygens (including phenoxy) is 1. The van der Waals surface area contributed by atoms with E-state index in [0.29, 0.717) is 11.5 Å². The largest absolute Gasteiger partial charge is 0.454 e. The molecular formula is C21H25N3O5. The number of amides is 1. The summed E-state index contributed by atoms with van der Waals surface area (Å²) < 4.78 is 11.1. The van der Waals surface area contributed by atoms with Crippen LogP contribution in [-0.4, -0.2) is 45.8 Å². The number of piperidine rings is 1. The van der Waals surface area contributed by atoms with Gasteiger partial charge in [0, 0.05) is 18.2 Å². The van der Waals surface area contributed by atoms with Gasteiger partial charge in [0.1, 0.15) is 6.54 Å². The molecule has 1 aromatic heterocycles. The van der Waals surface area contributed by atoms with Crippen LogP contribution in [-0.2, 0) is 20.9 Å². The molecular weight excluding hydrogens is 374 g/mol. The fraction of sp³-hybridized carbons (Fsp3) is 0.524. The first-order chi connectivity index (χ1) is 14.1. The van der Waals surface area contributed by atoms with Crippen molar-refractivity contribution in [1.29, 1.82) is 0 Å². The zero-order valence-electron chi connectivity index (χ0n) is 16.3. The number of rotatable bonds is 5. The predicted molar refractivity (Wildman–Crippen MR) is 104 cm³/mol. The summed E-state index contributed by atoms with van der Waals surface area (Å²) >= 11 is 0. The van der Waals surface area contributed by atoms with Crippen molar-refractivity contribution in [2.24, 2.45) is 5.92 Å². The number of fused-ring (bicyclic) bond motifs is 1. The topological polar surface area (TPSA) is 94.6 Å². The van der Waals surface area contributed by atoms with Crippen LogP contribution in [0.25, 0.3) is 11.5 Å². The Morgan fingerprint density at radius 2 is 1.86 bits per heavy atom. The lowest BCUT2D eigenvalue weighted by molar-refractivity contribution is -0.155. The quantitative estimate of drug-likeness (QED) is 0.716. The van der Waals surface area contributed by atoms with E-state index in [4.69, 9.17) is 9.15 Å². The monoisotopic (exact) mass is 399 g/mol. The Labute approximate surface area is 168 Å². The Kier molecular flexibility index (Phi) is 5.78. The molecule has 8 heteroatoms. The molecule has 2 aromatic rings. The van der Waals surface area contributed by atoms with Gasteiger partial charge in [-0.15, -0.1) is 5.10 Å². The summed E-state index contributed by atoms with van der Waals surface area (Å²) in [6.07, 6.45) is 6.75. The molecule has 0 unspecified atom stereocenters. The minimum atomic E-state index is -0.742. The molecule has 2 fully saturated rings. The summed E-state index contributed by atoms with van der Waals surface area (Å²) in [7, 11) is 0. The molecule has 154 valence electrons. The molecule has 2 heterocycles. The lowest BCUT2D eigenvalue weighted by atomic mass is 9.78. The number of hydrogen-bond donors (Lipinski definition) is 0. The van der Waals surface area contributed by atoms with Gasteiger partial charge in [0.15, 0.2) is 6.61 Å². The van der Waals surface area contributed by atoms with E-state index in [2.05, 4.69) is 5.10 Å². The van der Waals surface area contributed by atoms with Crippen LogP contribution in [0.5, 0.6) is 0 Å². The standard InChI is InChI=1S/C21H25N3O5/c25-18(23-12-6-10-15-7-4-5-11-17(15)23)14-28-19(26)13-24-21(27)29-20(22-24)16-8-2-1-3-9-16/h1-3,8-9,15,17H,4-7,10-14H2/t15-,17-/m1/s1. The molecule has 1 saturated heterocycles. The van der Waals surface area contributed by atoms with Gasteiger partial charge in [-0.05, 0) is 43.7 Å². The van der Waals surface area contributed by atoms with Crippen LogP contribution in [0, 0.1) is 5.92 Å². The van der Waals surface area contributed by atoms with Gasteiger partial charge >= 0.3 is 11.7 Å². The van der Waals surface area contributed by atoms with Gasteiger partial charge in [0.05, 0.1) is 0 Å². The molecule has 2 atom stereocenters. The van der Waals surface area contributed by atoms with E-state index in [9.17, 15) is 14.4 Å². The van der Waals surface area contributed by atoms with Gasteiger partial charge in [-0.3, -0.25) is 9.59 Å². The van der Waals surface area contributed by atoms with Crippen molar-refractivity contribution in [3.63, 3.8) is 0 Å². The zero-order chi connectivity index (χ0) is 20.2. The Balaban J connectivity index is 1.33. The van der Waals surface area contributed by atoms with Crippen LogP contribution in [0.3, 0.4) is 0 Å². The number of hydrogen-bond acceptors (Lipinski definition) is 6. The third-order valence-electron chi connectivity index (χ3n) is 5.83. The number of esters is 1. The number of carbonyl (C=O) groups excluding carboxylic acids is 2. The molecule has 0 N–H and O–H groups in total. The second-order valence-corrected chi connectivity index (χ2v) is 7.70. The minimum Gasteiger partial charge on any atom is -0.454 e. The molecule has 0 spiro atoms. The van der Waals surface area contributed by atoms with Gasteiger partial charge in [-0.25, -0.2) is 4.79 Å². The highest BCUT2D eigenvalue weighted by Gasteiger charge is 2.35. The highest BCUT2D eigenvalue weighted by Crippen LogP contribution is 2.35. The average molecular weight is 399 g/mol. The van der Waals surface area contributed by atoms with E-state index in [1.54, 1.807) is 24.3 Å². The van der Waals surface area contributed by atoms with E-state index in [1.165, 1.54) is 19.3 Å². The Bertz CT molecular complexity index is 918. The first-order valence-electron chi connectivity index (χ1n) is 10.2. The van der Waals surface area contributed by atoms with Crippen molar-refractivity contribution in [3.8, 4) is 11.5 Å². The second-order valence-electron chi connectivity index (χ2n) is 7.70. The number of likely N-dealkylation sites (tertiary alicyclic amines) is 1. The zero-order valence-corrected chi connectivity index (χ0v) is 16.3. The van der Waals surface area contributed by atoms with E-state index < -0.39 is 18.3 Å². The molecule has 2 aliphatic rings. The molecule has 1 aliphatic heterocycles. The van der Waals surface area contributed by atoms with Gasteiger partial charge in [0.25, 0.3) is 5.91 Å².